The van der Waals surface area contributed by atoms with Gasteiger partial charge in [0.1, 0.15) is 11.8 Å². The zero-order valence-corrected chi connectivity index (χ0v) is 20.3. The molecule has 1 atom stereocenters. The molecule has 0 saturated carbocycles. The number of rotatable bonds is 9. The molecule has 0 fully saturated rings. The van der Waals surface area contributed by atoms with Gasteiger partial charge in [0.15, 0.2) is 0 Å². The van der Waals surface area contributed by atoms with E-state index in [-0.39, 0.29) is 23.1 Å². The van der Waals surface area contributed by atoms with E-state index >= 15 is 0 Å². The van der Waals surface area contributed by atoms with Crippen molar-refractivity contribution < 1.29 is 22.7 Å². The fourth-order valence-electron chi connectivity index (χ4n) is 4.08. The lowest BCUT2D eigenvalue weighted by atomic mass is 10.1. The minimum atomic E-state index is -3.63. The third-order valence-corrected chi connectivity index (χ3v) is 7.77. The smallest absolute Gasteiger partial charge is 0.243 e. The predicted octanol–water partition coefficient (Wildman–Crippen LogP) is 2.71. The number of ether oxygens (including phenoxy) is 1. The lowest BCUT2D eigenvalue weighted by molar-refractivity contribution is -0.125. The molecule has 8 nitrogen and oxygen atoms in total. The third-order valence-electron chi connectivity index (χ3n) is 5.72. The number of sulfonamides is 1. The molecule has 0 aromatic heterocycles. The number of amides is 2. The Morgan fingerprint density at radius 3 is 2.33 bits per heavy atom. The molecule has 0 bridgehead atoms. The van der Waals surface area contributed by atoms with E-state index in [9.17, 15) is 18.0 Å². The first-order valence-electron chi connectivity index (χ1n) is 11.1. The van der Waals surface area contributed by atoms with Crippen molar-refractivity contribution in [2.24, 2.45) is 0 Å². The highest BCUT2D eigenvalue weighted by Gasteiger charge is 2.37. The summed E-state index contributed by atoms with van der Waals surface area (Å²) >= 11 is 0. The van der Waals surface area contributed by atoms with Crippen LogP contribution in [0.4, 0.5) is 5.69 Å². The molecular formula is C24H31N3O5S. The van der Waals surface area contributed by atoms with E-state index in [1.165, 1.54) is 22.2 Å². The van der Waals surface area contributed by atoms with Crippen LogP contribution in [0.15, 0.2) is 47.4 Å². The summed E-state index contributed by atoms with van der Waals surface area (Å²) in [7, 11) is -3.63. The van der Waals surface area contributed by atoms with Gasteiger partial charge in [-0.2, -0.15) is 4.31 Å². The Kier molecular flexibility index (Phi) is 7.76. The average Bonchev–Trinajstić information content (AvgIpc) is 3.18. The molecule has 3 rings (SSSR count). The fourth-order valence-corrected chi connectivity index (χ4v) is 5.59. The Bertz CT molecular complexity index is 1110. The Labute approximate surface area is 195 Å². The predicted molar refractivity (Wildman–Crippen MR) is 127 cm³/mol. The first kappa shape index (κ1) is 24.7. The van der Waals surface area contributed by atoms with E-state index in [4.69, 9.17) is 4.74 Å². The first-order chi connectivity index (χ1) is 15.7. The fraction of sp³-hybridized carbons (Fsp3) is 0.417. The van der Waals surface area contributed by atoms with Gasteiger partial charge in [0.25, 0.3) is 0 Å². The number of carbonyl (C=O) groups excluding carboxylic acids is 2. The van der Waals surface area contributed by atoms with Gasteiger partial charge in [0.2, 0.25) is 21.8 Å². The minimum absolute atomic E-state index is 0.170. The van der Waals surface area contributed by atoms with Crippen LogP contribution in [0.3, 0.4) is 0 Å². The van der Waals surface area contributed by atoms with Crippen LogP contribution in [-0.4, -0.2) is 50.3 Å². The van der Waals surface area contributed by atoms with Gasteiger partial charge in [0, 0.05) is 38.7 Å². The molecule has 2 aromatic carbocycles. The minimum Gasteiger partial charge on any atom is -0.494 e. The van der Waals surface area contributed by atoms with Crippen molar-refractivity contribution in [3.05, 3.63) is 53.6 Å². The van der Waals surface area contributed by atoms with Crippen LogP contribution in [0, 0.1) is 0 Å². The van der Waals surface area contributed by atoms with Crippen molar-refractivity contribution in [3.63, 3.8) is 0 Å². The zero-order chi connectivity index (χ0) is 24.2. The van der Waals surface area contributed by atoms with Crippen molar-refractivity contribution in [3.8, 4) is 5.75 Å². The summed E-state index contributed by atoms with van der Waals surface area (Å²) in [5.41, 5.74) is 2.14. The van der Waals surface area contributed by atoms with Crippen molar-refractivity contribution in [2.45, 2.75) is 51.6 Å². The van der Waals surface area contributed by atoms with Crippen molar-refractivity contribution in [1.29, 1.82) is 0 Å². The number of nitrogens with one attached hydrogen (secondary N) is 1. The van der Waals surface area contributed by atoms with E-state index in [0.717, 1.165) is 11.3 Å². The second kappa shape index (κ2) is 10.4. The van der Waals surface area contributed by atoms with Gasteiger partial charge < -0.3 is 10.1 Å². The number of anilines is 1. The molecule has 0 unspecified atom stereocenters. The van der Waals surface area contributed by atoms with E-state index in [2.05, 4.69) is 5.32 Å². The Morgan fingerprint density at radius 2 is 1.76 bits per heavy atom. The van der Waals surface area contributed by atoms with E-state index < -0.39 is 16.1 Å². The summed E-state index contributed by atoms with van der Waals surface area (Å²) in [4.78, 5) is 27.0. The van der Waals surface area contributed by atoms with Crippen LogP contribution in [0.1, 0.15) is 38.8 Å². The molecule has 33 heavy (non-hydrogen) atoms. The maximum Gasteiger partial charge on any atom is 0.243 e. The van der Waals surface area contributed by atoms with Gasteiger partial charge in [0.05, 0.1) is 11.5 Å². The van der Waals surface area contributed by atoms with Gasteiger partial charge in [-0.1, -0.05) is 26.0 Å². The summed E-state index contributed by atoms with van der Waals surface area (Å²) in [5.74, 6) is 0.204. The molecule has 1 N–H and O–H groups in total. The van der Waals surface area contributed by atoms with Gasteiger partial charge in [-0.3, -0.25) is 14.5 Å². The number of hydrogen-bond acceptors (Lipinski definition) is 5. The summed E-state index contributed by atoms with van der Waals surface area (Å²) in [5, 5.41) is 2.89. The van der Waals surface area contributed by atoms with Crippen LogP contribution in [0.25, 0.3) is 0 Å². The van der Waals surface area contributed by atoms with Crippen molar-refractivity contribution >= 4 is 27.5 Å². The quantitative estimate of drug-likeness (QED) is 0.604. The first-order valence-corrected chi connectivity index (χ1v) is 12.6. The highest BCUT2D eigenvalue weighted by Crippen LogP contribution is 2.35. The van der Waals surface area contributed by atoms with E-state index in [0.29, 0.717) is 37.5 Å². The molecule has 2 amide bonds. The molecule has 1 heterocycles. The molecule has 1 aliphatic rings. The highest BCUT2D eigenvalue weighted by atomic mass is 32.2. The van der Waals surface area contributed by atoms with E-state index in [1.807, 2.05) is 31.2 Å². The maximum atomic E-state index is 13.0. The second-order valence-corrected chi connectivity index (χ2v) is 9.72. The summed E-state index contributed by atoms with van der Waals surface area (Å²) < 4.78 is 32.6. The van der Waals surface area contributed by atoms with Crippen LogP contribution < -0.4 is 15.0 Å². The molecule has 0 spiro atoms. The molecule has 0 radical (unpaired) electrons. The number of hydrogen-bond donors (Lipinski definition) is 1. The SMILES string of the molecule is CCOc1ccc(CNC(=O)[C@@H]2Cc3cc(S(=O)(=O)N(CC)CC)ccc3N2C(C)=O)cc1. The lowest BCUT2D eigenvalue weighted by Crippen LogP contribution is -2.47. The van der Waals surface area contributed by atoms with Crippen LogP contribution in [0.5, 0.6) is 5.75 Å². The Morgan fingerprint density at radius 1 is 1.09 bits per heavy atom. The Balaban J connectivity index is 1.78. The molecule has 178 valence electrons. The number of carbonyl (C=O) groups is 2. The maximum absolute atomic E-state index is 13.0. The van der Waals surface area contributed by atoms with Gasteiger partial charge in [-0.05, 0) is 48.4 Å². The molecule has 0 saturated heterocycles. The standard InChI is InChI=1S/C24H31N3O5S/c1-5-26(6-2)33(30,31)21-12-13-22-19(14-21)15-23(27(22)17(4)28)24(29)25-16-18-8-10-20(11-9-18)32-7-3/h8-14,23H,5-7,15-16H2,1-4H3,(H,25,29)/t23-/m0/s1. The monoisotopic (exact) mass is 473 g/mol. The van der Waals surface area contributed by atoms with Gasteiger partial charge in [-0.25, -0.2) is 8.42 Å². The average molecular weight is 474 g/mol. The summed E-state index contributed by atoms with van der Waals surface area (Å²) in [6.07, 6.45) is 0.256. The topological polar surface area (TPSA) is 96.0 Å². The van der Waals surface area contributed by atoms with Crippen molar-refractivity contribution in [2.75, 3.05) is 24.6 Å². The molecule has 1 aliphatic heterocycles. The van der Waals surface area contributed by atoms with Crippen LogP contribution >= 0.6 is 0 Å². The zero-order valence-electron chi connectivity index (χ0n) is 19.5. The Hall–Kier alpha value is -2.91. The number of fused-ring (bicyclic) bond motifs is 1. The second-order valence-electron chi connectivity index (χ2n) is 7.78. The highest BCUT2D eigenvalue weighted by molar-refractivity contribution is 7.89. The van der Waals surface area contributed by atoms with Crippen LogP contribution in [0.2, 0.25) is 0 Å². The number of benzene rings is 2. The number of nitrogens with zero attached hydrogens (tertiary/aromatic N) is 2. The van der Waals surface area contributed by atoms with Crippen molar-refractivity contribution in [1.82, 2.24) is 9.62 Å². The molecule has 0 aliphatic carbocycles. The molecule has 2 aromatic rings. The third kappa shape index (κ3) is 5.20. The lowest BCUT2D eigenvalue weighted by Gasteiger charge is -2.23. The van der Waals surface area contributed by atoms with E-state index in [1.54, 1.807) is 26.0 Å². The summed E-state index contributed by atoms with van der Waals surface area (Å²) in [6, 6.07) is 11.4. The molecular weight excluding hydrogens is 442 g/mol. The normalized spacial score (nSPS) is 15.4. The summed E-state index contributed by atoms with van der Waals surface area (Å²) in [6.45, 7) is 8.52. The van der Waals surface area contributed by atoms with Crippen LogP contribution in [-0.2, 0) is 32.6 Å². The largest absolute Gasteiger partial charge is 0.494 e. The van der Waals surface area contributed by atoms with Gasteiger partial charge in [-0.15, -0.1) is 0 Å². The van der Waals surface area contributed by atoms with Gasteiger partial charge >= 0.3 is 0 Å². The molecule has 9 heteroatoms.